The van der Waals surface area contributed by atoms with Crippen molar-refractivity contribution in [2.45, 2.75) is 20.3 Å². The second-order valence-corrected chi connectivity index (χ2v) is 7.92. The number of benzene rings is 3. The maximum Gasteiger partial charge on any atom is 0.121 e. The molecule has 0 aliphatic rings. The van der Waals surface area contributed by atoms with Crippen LogP contribution >= 0.6 is 0 Å². The zero-order chi connectivity index (χ0) is 22.7. The molecule has 0 saturated carbocycles. The Morgan fingerprint density at radius 2 is 1.44 bits per heavy atom. The predicted octanol–water partition coefficient (Wildman–Crippen LogP) is 6.22. The number of hydrogen-bond donors (Lipinski definition) is 1. The molecule has 162 valence electrons. The minimum Gasteiger partial charge on any atom is -0.496 e. The number of aryl methyl sites for hydroxylation is 2. The second-order valence-electron chi connectivity index (χ2n) is 7.92. The Hall–Kier alpha value is -3.79. The summed E-state index contributed by atoms with van der Waals surface area (Å²) in [4.78, 5) is 4.53. The molecule has 0 bridgehead atoms. The van der Waals surface area contributed by atoms with E-state index in [-0.39, 0.29) is 0 Å². The van der Waals surface area contributed by atoms with Gasteiger partial charge in [-0.25, -0.2) is 0 Å². The minimum atomic E-state index is 0.649. The molecule has 0 aliphatic heterocycles. The summed E-state index contributed by atoms with van der Waals surface area (Å²) in [5, 5.41) is 0. The summed E-state index contributed by atoms with van der Waals surface area (Å²) in [5.41, 5.74) is 15.8. The first-order chi connectivity index (χ1) is 15.5. The molecule has 0 unspecified atom stereocenters. The van der Waals surface area contributed by atoms with Gasteiger partial charge in [0.05, 0.1) is 25.6 Å². The van der Waals surface area contributed by atoms with Gasteiger partial charge >= 0.3 is 0 Å². The van der Waals surface area contributed by atoms with E-state index in [0.717, 1.165) is 45.0 Å². The van der Waals surface area contributed by atoms with Crippen LogP contribution in [0.4, 0.5) is 5.69 Å². The lowest BCUT2D eigenvalue weighted by Crippen LogP contribution is -2.01. The molecular weight excluding hydrogens is 396 g/mol. The molecule has 32 heavy (non-hydrogen) atoms. The minimum absolute atomic E-state index is 0.649. The van der Waals surface area contributed by atoms with Crippen molar-refractivity contribution >= 4 is 5.69 Å². The summed E-state index contributed by atoms with van der Waals surface area (Å²) in [7, 11) is 3.40. The maximum atomic E-state index is 6.23. The largest absolute Gasteiger partial charge is 0.496 e. The van der Waals surface area contributed by atoms with Gasteiger partial charge in [0.25, 0.3) is 0 Å². The normalized spacial score (nSPS) is 10.8. The van der Waals surface area contributed by atoms with Gasteiger partial charge in [0, 0.05) is 12.6 Å². The lowest BCUT2D eigenvalue weighted by molar-refractivity contribution is 0.411. The van der Waals surface area contributed by atoms with Crippen LogP contribution in [0, 0.1) is 13.8 Å². The van der Waals surface area contributed by atoms with Crippen LogP contribution in [0.1, 0.15) is 22.4 Å². The van der Waals surface area contributed by atoms with E-state index in [9.17, 15) is 0 Å². The van der Waals surface area contributed by atoms with Gasteiger partial charge in [0.15, 0.2) is 0 Å². The number of pyridine rings is 1. The van der Waals surface area contributed by atoms with E-state index in [4.69, 9.17) is 15.2 Å². The van der Waals surface area contributed by atoms with Crippen LogP contribution in [0.5, 0.6) is 11.5 Å². The summed E-state index contributed by atoms with van der Waals surface area (Å²) < 4.78 is 11.0. The molecule has 0 aliphatic carbocycles. The van der Waals surface area contributed by atoms with Crippen molar-refractivity contribution < 1.29 is 9.47 Å². The zero-order valence-electron chi connectivity index (χ0n) is 19.0. The molecule has 2 N–H and O–H groups in total. The topological polar surface area (TPSA) is 57.4 Å². The van der Waals surface area contributed by atoms with E-state index in [1.54, 1.807) is 20.4 Å². The molecule has 4 heteroatoms. The molecule has 1 heterocycles. The first kappa shape index (κ1) is 21.4. The molecule has 1 aromatic heterocycles. The number of nitrogen functional groups attached to an aromatic ring is 1. The summed E-state index contributed by atoms with van der Waals surface area (Å²) in [6, 6.07) is 22.8. The van der Waals surface area contributed by atoms with E-state index in [1.165, 1.54) is 11.1 Å². The number of aromatic nitrogens is 1. The highest BCUT2D eigenvalue weighted by molar-refractivity contribution is 5.87. The number of ether oxygens (including phenoxy) is 2. The van der Waals surface area contributed by atoms with Crippen LogP contribution in [-0.4, -0.2) is 19.2 Å². The molecule has 4 nitrogen and oxygen atoms in total. The van der Waals surface area contributed by atoms with Crippen molar-refractivity contribution in [3.8, 4) is 33.8 Å². The Bertz CT molecular complexity index is 1260. The Morgan fingerprint density at radius 1 is 0.781 bits per heavy atom. The average molecular weight is 425 g/mol. The molecule has 0 spiro atoms. The van der Waals surface area contributed by atoms with Crippen molar-refractivity contribution in [3.05, 3.63) is 95.3 Å². The second kappa shape index (κ2) is 9.15. The van der Waals surface area contributed by atoms with Crippen LogP contribution in [-0.2, 0) is 6.42 Å². The van der Waals surface area contributed by atoms with Crippen LogP contribution < -0.4 is 15.2 Å². The van der Waals surface area contributed by atoms with E-state index < -0.39 is 0 Å². The first-order valence-corrected chi connectivity index (χ1v) is 10.6. The Labute approximate surface area is 189 Å². The van der Waals surface area contributed by atoms with Crippen LogP contribution in [0.3, 0.4) is 0 Å². The first-order valence-electron chi connectivity index (χ1n) is 10.6. The van der Waals surface area contributed by atoms with Gasteiger partial charge in [-0.3, -0.25) is 4.98 Å². The van der Waals surface area contributed by atoms with Crippen molar-refractivity contribution in [2.24, 2.45) is 0 Å². The molecule has 0 amide bonds. The molecule has 4 aromatic rings. The number of nitrogens with zero attached hydrogens (tertiary/aromatic N) is 1. The van der Waals surface area contributed by atoms with E-state index in [1.807, 2.05) is 24.3 Å². The highest BCUT2D eigenvalue weighted by Crippen LogP contribution is 2.39. The van der Waals surface area contributed by atoms with Gasteiger partial charge in [-0.15, -0.1) is 0 Å². The van der Waals surface area contributed by atoms with Crippen LogP contribution in [0.25, 0.3) is 22.3 Å². The molecule has 4 rings (SSSR count). The quantitative estimate of drug-likeness (QED) is 0.399. The van der Waals surface area contributed by atoms with Crippen molar-refractivity contribution in [1.29, 1.82) is 0 Å². The van der Waals surface area contributed by atoms with Crippen molar-refractivity contribution in [3.63, 3.8) is 0 Å². The number of methoxy groups -OCH3 is 2. The van der Waals surface area contributed by atoms with Crippen LogP contribution in [0.15, 0.2) is 72.9 Å². The van der Waals surface area contributed by atoms with Crippen molar-refractivity contribution in [2.75, 3.05) is 20.0 Å². The van der Waals surface area contributed by atoms with Gasteiger partial charge in [0.1, 0.15) is 11.5 Å². The fraction of sp³-hybridized carbons (Fsp3) is 0.179. The highest BCUT2D eigenvalue weighted by Gasteiger charge is 2.16. The molecule has 0 fully saturated rings. The zero-order valence-corrected chi connectivity index (χ0v) is 19.0. The van der Waals surface area contributed by atoms with Crippen LogP contribution in [0.2, 0.25) is 0 Å². The number of hydrogen-bond acceptors (Lipinski definition) is 4. The fourth-order valence-corrected chi connectivity index (χ4v) is 4.19. The average Bonchev–Trinajstić information content (AvgIpc) is 2.80. The van der Waals surface area contributed by atoms with E-state index >= 15 is 0 Å². The molecule has 3 aromatic carbocycles. The lowest BCUT2D eigenvalue weighted by atomic mass is 9.87. The Balaban J connectivity index is 1.93. The SMILES string of the molecule is COc1ccc(-c2cccc(Cc3ncccc3N)c2-c2ccc(OC)c(C)c2)cc1C. The summed E-state index contributed by atoms with van der Waals surface area (Å²) in [5.74, 6) is 1.76. The monoisotopic (exact) mass is 424 g/mol. The standard InChI is InChI=1S/C28H28N2O2/c1-18-15-20(10-12-26(18)31-3)23-8-5-7-21(17-25-24(29)9-6-14-30-25)28(23)22-11-13-27(32-4)19(2)16-22/h5-16H,17,29H2,1-4H3. The third-order valence-corrected chi connectivity index (χ3v) is 5.82. The number of rotatable bonds is 6. The predicted molar refractivity (Wildman–Crippen MR) is 131 cm³/mol. The Morgan fingerprint density at radius 3 is 2.06 bits per heavy atom. The van der Waals surface area contributed by atoms with Gasteiger partial charge in [0.2, 0.25) is 0 Å². The number of anilines is 1. The van der Waals surface area contributed by atoms with Gasteiger partial charge < -0.3 is 15.2 Å². The molecule has 0 saturated heterocycles. The molecule has 0 atom stereocenters. The lowest BCUT2D eigenvalue weighted by Gasteiger charge is -2.18. The Kier molecular flexibility index (Phi) is 6.13. The summed E-state index contributed by atoms with van der Waals surface area (Å²) in [6.07, 6.45) is 2.44. The molecular formula is C28H28N2O2. The highest BCUT2D eigenvalue weighted by atomic mass is 16.5. The third kappa shape index (κ3) is 4.17. The summed E-state index contributed by atoms with van der Waals surface area (Å²) >= 11 is 0. The van der Waals surface area contributed by atoms with Gasteiger partial charge in [-0.1, -0.05) is 30.3 Å². The van der Waals surface area contributed by atoms with Gasteiger partial charge in [-0.05, 0) is 89.2 Å². The smallest absolute Gasteiger partial charge is 0.121 e. The maximum absolute atomic E-state index is 6.23. The van der Waals surface area contributed by atoms with E-state index in [2.05, 4.69) is 61.3 Å². The third-order valence-electron chi connectivity index (χ3n) is 5.82. The summed E-state index contributed by atoms with van der Waals surface area (Å²) in [6.45, 7) is 4.14. The fourth-order valence-electron chi connectivity index (χ4n) is 4.19. The van der Waals surface area contributed by atoms with E-state index in [0.29, 0.717) is 12.1 Å². The molecule has 0 radical (unpaired) electrons. The van der Waals surface area contributed by atoms with Crippen molar-refractivity contribution in [1.82, 2.24) is 4.98 Å². The number of nitrogens with two attached hydrogens (primary N) is 1. The van der Waals surface area contributed by atoms with Gasteiger partial charge in [-0.2, -0.15) is 0 Å².